The number of hydrogen-bond acceptors (Lipinski definition) is 4. The maximum atomic E-state index is 13.8. The van der Waals surface area contributed by atoms with Crippen molar-refractivity contribution in [1.29, 1.82) is 0 Å². The number of carbonyl (C=O) groups is 1. The van der Waals surface area contributed by atoms with E-state index >= 15 is 0 Å². The molecule has 0 unspecified atom stereocenters. The molecule has 0 saturated carbocycles. The molecule has 0 spiro atoms. The fourth-order valence-electron chi connectivity index (χ4n) is 4.24. The molecule has 6 heteroatoms. The standard InChI is InChI=1S/C22H34FN3O2/c1-24(22(27)9-12-25-13-15-28-16-14-25)17-19-5-4-10-26(18-19)11-8-20-6-2-3-7-21(20)23/h2-3,6-7,19H,4-5,8-18H2,1H3/t19-/m0/s1. The van der Waals surface area contributed by atoms with Crippen molar-refractivity contribution >= 4 is 5.91 Å². The average Bonchev–Trinajstić information content (AvgIpc) is 2.72. The van der Waals surface area contributed by atoms with Crippen LogP contribution in [0.5, 0.6) is 0 Å². The molecule has 156 valence electrons. The largest absolute Gasteiger partial charge is 0.379 e. The zero-order valence-electron chi connectivity index (χ0n) is 17.1. The van der Waals surface area contributed by atoms with Crippen LogP contribution in [0.25, 0.3) is 0 Å². The SMILES string of the molecule is CN(C[C@@H]1CCCN(CCc2ccccc2F)C1)C(=O)CCN1CCOCC1. The van der Waals surface area contributed by atoms with Gasteiger partial charge in [-0.2, -0.15) is 0 Å². The van der Waals surface area contributed by atoms with Crippen molar-refractivity contribution in [3.05, 3.63) is 35.6 Å². The van der Waals surface area contributed by atoms with Gasteiger partial charge in [0.05, 0.1) is 13.2 Å². The van der Waals surface area contributed by atoms with Crippen LogP contribution < -0.4 is 0 Å². The highest BCUT2D eigenvalue weighted by Gasteiger charge is 2.23. The van der Waals surface area contributed by atoms with Gasteiger partial charge in [0.2, 0.25) is 5.91 Å². The van der Waals surface area contributed by atoms with E-state index in [0.717, 1.165) is 83.9 Å². The molecule has 0 radical (unpaired) electrons. The van der Waals surface area contributed by atoms with Crippen LogP contribution in [-0.2, 0) is 16.0 Å². The van der Waals surface area contributed by atoms with E-state index in [1.807, 2.05) is 24.1 Å². The molecule has 1 amide bonds. The lowest BCUT2D eigenvalue weighted by atomic mass is 9.97. The van der Waals surface area contributed by atoms with E-state index in [1.54, 1.807) is 6.07 Å². The summed E-state index contributed by atoms with van der Waals surface area (Å²) in [6.07, 6.45) is 3.64. The predicted molar refractivity (Wildman–Crippen MR) is 109 cm³/mol. The summed E-state index contributed by atoms with van der Waals surface area (Å²) >= 11 is 0. The molecule has 28 heavy (non-hydrogen) atoms. The molecule has 0 aliphatic carbocycles. The molecule has 1 atom stereocenters. The minimum atomic E-state index is -0.110. The minimum Gasteiger partial charge on any atom is -0.379 e. The number of nitrogens with zero attached hydrogens (tertiary/aromatic N) is 3. The highest BCUT2D eigenvalue weighted by Crippen LogP contribution is 2.18. The Bertz CT molecular complexity index is 622. The Morgan fingerprint density at radius 1 is 1.18 bits per heavy atom. The van der Waals surface area contributed by atoms with E-state index in [1.165, 1.54) is 6.07 Å². The van der Waals surface area contributed by atoms with Crippen LogP contribution in [0.15, 0.2) is 24.3 Å². The third-order valence-electron chi connectivity index (χ3n) is 5.96. The number of piperidine rings is 1. The predicted octanol–water partition coefficient (Wildman–Crippen LogP) is 2.26. The third-order valence-corrected chi connectivity index (χ3v) is 5.96. The van der Waals surface area contributed by atoms with E-state index < -0.39 is 0 Å². The third kappa shape index (κ3) is 6.54. The molecule has 2 fully saturated rings. The zero-order chi connectivity index (χ0) is 19.8. The Balaban J connectivity index is 1.38. The van der Waals surface area contributed by atoms with Crippen molar-refractivity contribution in [2.45, 2.75) is 25.7 Å². The second-order valence-electron chi connectivity index (χ2n) is 8.13. The lowest BCUT2D eigenvalue weighted by Gasteiger charge is -2.35. The molecule has 0 bridgehead atoms. The first kappa shape index (κ1) is 21.2. The molecule has 0 N–H and O–H groups in total. The number of benzene rings is 1. The van der Waals surface area contributed by atoms with Gasteiger partial charge in [-0.25, -0.2) is 4.39 Å². The van der Waals surface area contributed by atoms with Crippen LogP contribution >= 0.6 is 0 Å². The normalized spacial score (nSPS) is 21.6. The molecule has 5 nitrogen and oxygen atoms in total. The average molecular weight is 392 g/mol. The summed E-state index contributed by atoms with van der Waals surface area (Å²) in [7, 11) is 1.93. The highest BCUT2D eigenvalue weighted by molar-refractivity contribution is 5.76. The van der Waals surface area contributed by atoms with Gasteiger partial charge in [0.15, 0.2) is 0 Å². The number of amides is 1. The number of hydrogen-bond donors (Lipinski definition) is 0. The Morgan fingerprint density at radius 3 is 2.75 bits per heavy atom. The fourth-order valence-corrected chi connectivity index (χ4v) is 4.24. The van der Waals surface area contributed by atoms with Gasteiger partial charge in [0, 0.05) is 52.7 Å². The van der Waals surface area contributed by atoms with E-state index in [9.17, 15) is 9.18 Å². The number of morpholine rings is 1. The van der Waals surface area contributed by atoms with E-state index in [-0.39, 0.29) is 11.7 Å². The Labute approximate surface area is 168 Å². The Kier molecular flexibility index (Phi) is 8.25. The molecule has 1 aromatic rings. The molecule has 2 aliphatic rings. The van der Waals surface area contributed by atoms with Crippen molar-refractivity contribution in [2.24, 2.45) is 5.92 Å². The summed E-state index contributed by atoms with van der Waals surface area (Å²) in [5, 5.41) is 0. The van der Waals surface area contributed by atoms with Crippen molar-refractivity contribution in [3.63, 3.8) is 0 Å². The van der Waals surface area contributed by atoms with Gasteiger partial charge in [0.1, 0.15) is 5.82 Å². The quantitative estimate of drug-likeness (QED) is 0.681. The smallest absolute Gasteiger partial charge is 0.223 e. The fraction of sp³-hybridized carbons (Fsp3) is 0.682. The number of ether oxygens (including phenoxy) is 1. The van der Waals surface area contributed by atoms with Crippen LogP contribution in [0.4, 0.5) is 4.39 Å². The number of carbonyl (C=O) groups excluding carboxylic acids is 1. The van der Waals surface area contributed by atoms with Crippen LogP contribution in [-0.4, -0.2) is 86.7 Å². The van der Waals surface area contributed by atoms with Crippen LogP contribution in [0.3, 0.4) is 0 Å². The number of rotatable bonds is 8. The van der Waals surface area contributed by atoms with Gasteiger partial charge in [-0.1, -0.05) is 18.2 Å². The molecule has 2 saturated heterocycles. The first-order valence-corrected chi connectivity index (χ1v) is 10.6. The van der Waals surface area contributed by atoms with E-state index in [4.69, 9.17) is 4.74 Å². The number of halogens is 1. The van der Waals surface area contributed by atoms with Gasteiger partial charge in [-0.3, -0.25) is 9.69 Å². The maximum Gasteiger partial charge on any atom is 0.223 e. The molecule has 2 heterocycles. The Hall–Kier alpha value is -1.50. The molecular weight excluding hydrogens is 357 g/mol. The van der Waals surface area contributed by atoms with Crippen molar-refractivity contribution < 1.29 is 13.9 Å². The Morgan fingerprint density at radius 2 is 1.96 bits per heavy atom. The molecular formula is C22H34FN3O2. The summed E-state index contributed by atoms with van der Waals surface area (Å²) in [6, 6.07) is 7.04. The second kappa shape index (κ2) is 10.9. The highest BCUT2D eigenvalue weighted by atomic mass is 19.1. The van der Waals surface area contributed by atoms with Gasteiger partial charge in [-0.15, -0.1) is 0 Å². The maximum absolute atomic E-state index is 13.8. The van der Waals surface area contributed by atoms with Crippen LogP contribution in [0.1, 0.15) is 24.8 Å². The van der Waals surface area contributed by atoms with Crippen molar-refractivity contribution in [3.8, 4) is 0 Å². The first-order chi connectivity index (χ1) is 13.6. The van der Waals surface area contributed by atoms with E-state index in [2.05, 4.69) is 9.80 Å². The lowest BCUT2D eigenvalue weighted by Crippen LogP contribution is -2.43. The summed E-state index contributed by atoms with van der Waals surface area (Å²) in [4.78, 5) is 19.1. The molecule has 1 aromatic carbocycles. The van der Waals surface area contributed by atoms with Crippen LogP contribution in [0, 0.1) is 11.7 Å². The summed E-state index contributed by atoms with van der Waals surface area (Å²) in [5.41, 5.74) is 0.792. The summed E-state index contributed by atoms with van der Waals surface area (Å²) in [6.45, 7) is 7.99. The molecule has 2 aliphatic heterocycles. The van der Waals surface area contributed by atoms with Crippen molar-refractivity contribution in [2.75, 3.05) is 66.1 Å². The van der Waals surface area contributed by atoms with Crippen molar-refractivity contribution in [1.82, 2.24) is 14.7 Å². The monoisotopic (exact) mass is 391 g/mol. The van der Waals surface area contributed by atoms with Gasteiger partial charge in [-0.05, 0) is 43.4 Å². The number of likely N-dealkylation sites (tertiary alicyclic amines) is 1. The first-order valence-electron chi connectivity index (χ1n) is 10.6. The zero-order valence-corrected chi connectivity index (χ0v) is 17.1. The second-order valence-corrected chi connectivity index (χ2v) is 8.13. The molecule has 0 aromatic heterocycles. The van der Waals surface area contributed by atoms with Gasteiger partial charge < -0.3 is 14.5 Å². The van der Waals surface area contributed by atoms with Crippen LogP contribution in [0.2, 0.25) is 0 Å². The van der Waals surface area contributed by atoms with E-state index in [0.29, 0.717) is 12.3 Å². The summed E-state index contributed by atoms with van der Waals surface area (Å²) in [5.74, 6) is 0.628. The molecule has 3 rings (SSSR count). The topological polar surface area (TPSA) is 36.0 Å². The summed E-state index contributed by atoms with van der Waals surface area (Å²) < 4.78 is 19.2. The lowest BCUT2D eigenvalue weighted by molar-refractivity contribution is -0.131. The van der Waals surface area contributed by atoms with Gasteiger partial charge >= 0.3 is 0 Å². The minimum absolute atomic E-state index is 0.110. The van der Waals surface area contributed by atoms with Gasteiger partial charge in [0.25, 0.3) is 0 Å².